The number of amides is 1. The molecule has 3 unspecified atom stereocenters. The molecule has 2 saturated carbocycles. The van der Waals surface area contributed by atoms with Gasteiger partial charge in [0, 0.05) is 18.0 Å². The Hall–Kier alpha value is -1.39. The van der Waals surface area contributed by atoms with E-state index in [2.05, 4.69) is 19.2 Å². The Labute approximate surface area is 170 Å². The highest BCUT2D eigenvalue weighted by Crippen LogP contribution is 2.44. The largest absolute Gasteiger partial charge is 0.391 e. The molecule has 1 aromatic rings. The molecule has 0 saturated heterocycles. The highest BCUT2D eigenvalue weighted by atomic mass is 16.3. The third-order valence-electron chi connectivity index (χ3n) is 6.86. The zero-order valence-electron chi connectivity index (χ0n) is 17.5. The standard InChI is InChI=1S/C24H38N2O2/c1-16(2)8-10-20(24(28)26-22-14-18-9-11-19(22)12-18)15-23(27)21(25)13-17-6-4-3-5-7-17/h3-7,16,18-23,27H,8-15,25H2,1-2H3,(H,26,28)/t18?,19?,20-,21+,22?,23+/m1/s1. The van der Waals surface area contributed by atoms with Gasteiger partial charge in [0.2, 0.25) is 5.91 Å². The normalized spacial score (nSPS) is 27.0. The van der Waals surface area contributed by atoms with Crippen molar-refractivity contribution in [2.24, 2.45) is 29.4 Å². The van der Waals surface area contributed by atoms with Crippen LogP contribution in [0.25, 0.3) is 0 Å². The van der Waals surface area contributed by atoms with E-state index < -0.39 is 6.10 Å². The Morgan fingerprint density at radius 2 is 1.93 bits per heavy atom. The van der Waals surface area contributed by atoms with Crippen molar-refractivity contribution in [3.8, 4) is 0 Å². The third-order valence-corrected chi connectivity index (χ3v) is 6.86. The molecule has 2 aliphatic rings. The van der Waals surface area contributed by atoms with E-state index in [1.54, 1.807) is 0 Å². The smallest absolute Gasteiger partial charge is 0.223 e. The second-order valence-electron chi connectivity index (χ2n) is 9.61. The average Bonchev–Trinajstić information content (AvgIpc) is 3.28. The second-order valence-corrected chi connectivity index (χ2v) is 9.61. The number of aliphatic hydroxyl groups is 1. The fraction of sp³-hybridized carbons (Fsp3) is 0.708. The van der Waals surface area contributed by atoms with Gasteiger partial charge in [-0.2, -0.15) is 0 Å². The van der Waals surface area contributed by atoms with E-state index in [-0.39, 0.29) is 17.9 Å². The summed E-state index contributed by atoms with van der Waals surface area (Å²) in [5.41, 5.74) is 7.41. The summed E-state index contributed by atoms with van der Waals surface area (Å²) in [6, 6.07) is 10.0. The molecule has 6 atom stereocenters. The van der Waals surface area contributed by atoms with Gasteiger partial charge in [-0.15, -0.1) is 0 Å². The van der Waals surface area contributed by atoms with Gasteiger partial charge in [0.1, 0.15) is 0 Å². The van der Waals surface area contributed by atoms with E-state index in [0.717, 1.165) is 30.7 Å². The predicted octanol–water partition coefficient (Wildman–Crippen LogP) is 3.66. The van der Waals surface area contributed by atoms with Crippen molar-refractivity contribution in [3.05, 3.63) is 35.9 Å². The molecule has 0 spiro atoms. The summed E-state index contributed by atoms with van der Waals surface area (Å²) in [6.45, 7) is 4.37. The van der Waals surface area contributed by atoms with Gasteiger partial charge in [0.05, 0.1) is 6.10 Å². The number of rotatable bonds is 10. The minimum Gasteiger partial charge on any atom is -0.391 e. The lowest BCUT2D eigenvalue weighted by Gasteiger charge is -2.28. The molecule has 0 radical (unpaired) electrons. The second kappa shape index (κ2) is 9.89. The maximum Gasteiger partial charge on any atom is 0.223 e. The average molecular weight is 387 g/mol. The Kier molecular flexibility index (Phi) is 7.53. The quantitative estimate of drug-likeness (QED) is 0.574. The van der Waals surface area contributed by atoms with E-state index in [1.807, 2.05) is 30.3 Å². The van der Waals surface area contributed by atoms with Crippen LogP contribution in [0.3, 0.4) is 0 Å². The maximum absolute atomic E-state index is 13.0. The highest BCUT2D eigenvalue weighted by molar-refractivity contribution is 5.79. The first-order valence-corrected chi connectivity index (χ1v) is 11.2. The molecule has 0 aromatic heterocycles. The Balaban J connectivity index is 1.56. The van der Waals surface area contributed by atoms with Crippen LogP contribution in [0, 0.1) is 23.7 Å². The molecule has 0 heterocycles. The van der Waals surface area contributed by atoms with Crippen LogP contribution in [0.2, 0.25) is 0 Å². The molecular formula is C24H38N2O2. The minimum atomic E-state index is -0.664. The van der Waals surface area contributed by atoms with Gasteiger partial charge in [0.25, 0.3) is 0 Å². The fourth-order valence-electron chi connectivity index (χ4n) is 5.10. The number of aliphatic hydroxyl groups excluding tert-OH is 1. The van der Waals surface area contributed by atoms with Crippen molar-refractivity contribution in [1.29, 1.82) is 0 Å². The number of benzene rings is 1. The summed E-state index contributed by atoms with van der Waals surface area (Å²) in [5.74, 6) is 2.01. The van der Waals surface area contributed by atoms with Crippen LogP contribution in [0.5, 0.6) is 0 Å². The lowest BCUT2D eigenvalue weighted by Crippen LogP contribution is -2.45. The van der Waals surface area contributed by atoms with Gasteiger partial charge >= 0.3 is 0 Å². The van der Waals surface area contributed by atoms with E-state index in [9.17, 15) is 9.90 Å². The predicted molar refractivity (Wildman–Crippen MR) is 114 cm³/mol. The van der Waals surface area contributed by atoms with Crippen LogP contribution in [-0.2, 0) is 11.2 Å². The van der Waals surface area contributed by atoms with Gasteiger partial charge in [-0.05, 0) is 61.8 Å². The lowest BCUT2D eigenvalue weighted by molar-refractivity contribution is -0.127. The van der Waals surface area contributed by atoms with Crippen molar-refractivity contribution in [2.75, 3.05) is 0 Å². The van der Waals surface area contributed by atoms with Crippen LogP contribution >= 0.6 is 0 Å². The SMILES string of the molecule is CC(C)CC[C@H](C[C@H](O)[C@@H](N)Cc1ccccc1)C(=O)NC1CC2CCC1C2. The molecule has 3 rings (SSSR count). The van der Waals surface area contributed by atoms with Crippen molar-refractivity contribution >= 4 is 5.91 Å². The molecule has 4 nitrogen and oxygen atoms in total. The van der Waals surface area contributed by atoms with Crippen LogP contribution in [-0.4, -0.2) is 29.2 Å². The van der Waals surface area contributed by atoms with Crippen LogP contribution in [0.4, 0.5) is 0 Å². The van der Waals surface area contributed by atoms with Crippen LogP contribution in [0.1, 0.15) is 64.4 Å². The zero-order chi connectivity index (χ0) is 20.1. The lowest BCUT2D eigenvalue weighted by atomic mass is 9.87. The molecule has 1 amide bonds. The monoisotopic (exact) mass is 386 g/mol. The number of hydrogen-bond acceptors (Lipinski definition) is 3. The molecule has 28 heavy (non-hydrogen) atoms. The van der Waals surface area contributed by atoms with Crippen molar-refractivity contribution in [1.82, 2.24) is 5.32 Å². The van der Waals surface area contributed by atoms with Gasteiger partial charge < -0.3 is 16.2 Å². The number of nitrogens with two attached hydrogens (primary N) is 1. The summed E-state index contributed by atoms with van der Waals surface area (Å²) < 4.78 is 0. The molecule has 2 bridgehead atoms. The molecule has 2 aliphatic carbocycles. The van der Waals surface area contributed by atoms with E-state index in [1.165, 1.54) is 19.3 Å². The zero-order valence-corrected chi connectivity index (χ0v) is 17.5. The van der Waals surface area contributed by atoms with Gasteiger partial charge in [0.15, 0.2) is 0 Å². The fourth-order valence-corrected chi connectivity index (χ4v) is 5.10. The molecular weight excluding hydrogens is 348 g/mol. The Morgan fingerprint density at radius 1 is 1.18 bits per heavy atom. The first-order chi connectivity index (χ1) is 13.4. The van der Waals surface area contributed by atoms with E-state index >= 15 is 0 Å². The van der Waals surface area contributed by atoms with Gasteiger partial charge in [-0.1, -0.05) is 57.0 Å². The van der Waals surface area contributed by atoms with Crippen LogP contribution in [0.15, 0.2) is 30.3 Å². The third kappa shape index (κ3) is 5.81. The summed E-state index contributed by atoms with van der Waals surface area (Å²) in [4.78, 5) is 13.0. The number of nitrogens with one attached hydrogen (secondary N) is 1. The summed E-state index contributed by atoms with van der Waals surface area (Å²) in [7, 11) is 0. The van der Waals surface area contributed by atoms with Gasteiger partial charge in [-0.3, -0.25) is 4.79 Å². The van der Waals surface area contributed by atoms with Crippen molar-refractivity contribution < 1.29 is 9.90 Å². The molecule has 4 N–H and O–H groups in total. The topological polar surface area (TPSA) is 75.3 Å². The summed E-state index contributed by atoms with van der Waals surface area (Å²) in [6.07, 6.45) is 7.26. The molecule has 4 heteroatoms. The number of hydrogen-bond donors (Lipinski definition) is 3. The first-order valence-electron chi connectivity index (χ1n) is 11.2. The van der Waals surface area contributed by atoms with Crippen LogP contribution < -0.4 is 11.1 Å². The molecule has 0 aliphatic heterocycles. The Bertz CT molecular complexity index is 618. The number of carbonyl (C=O) groups excluding carboxylic acids is 1. The number of carbonyl (C=O) groups is 1. The van der Waals surface area contributed by atoms with Crippen molar-refractivity contribution in [3.63, 3.8) is 0 Å². The summed E-state index contributed by atoms with van der Waals surface area (Å²) in [5, 5.41) is 14.1. The van der Waals surface area contributed by atoms with E-state index in [0.29, 0.717) is 30.7 Å². The molecule has 1 aromatic carbocycles. The highest BCUT2D eigenvalue weighted by Gasteiger charge is 2.40. The van der Waals surface area contributed by atoms with E-state index in [4.69, 9.17) is 5.73 Å². The Morgan fingerprint density at radius 3 is 2.54 bits per heavy atom. The first kappa shape index (κ1) is 21.3. The maximum atomic E-state index is 13.0. The molecule has 2 fully saturated rings. The minimum absolute atomic E-state index is 0.129. The summed E-state index contributed by atoms with van der Waals surface area (Å²) >= 11 is 0. The molecule has 156 valence electrons. The van der Waals surface area contributed by atoms with Gasteiger partial charge in [-0.25, -0.2) is 0 Å². The van der Waals surface area contributed by atoms with Crippen molar-refractivity contribution in [2.45, 2.75) is 83.4 Å². The number of fused-ring (bicyclic) bond motifs is 2.